The highest BCUT2D eigenvalue weighted by Crippen LogP contribution is 2.33. The molecule has 2 amide bonds. The fraction of sp³-hybridized carbons (Fsp3) is 0.348. The maximum Gasteiger partial charge on any atom is 0.242 e. The molecule has 0 bridgehead atoms. The van der Waals surface area contributed by atoms with Gasteiger partial charge < -0.3 is 19.3 Å². The van der Waals surface area contributed by atoms with E-state index in [1.807, 2.05) is 24.3 Å². The minimum Gasteiger partial charge on any atom is -0.473 e. The predicted molar refractivity (Wildman–Crippen MR) is 117 cm³/mol. The van der Waals surface area contributed by atoms with Gasteiger partial charge in [-0.1, -0.05) is 6.07 Å². The van der Waals surface area contributed by atoms with E-state index in [0.717, 1.165) is 16.8 Å². The first-order valence-corrected chi connectivity index (χ1v) is 10.5. The van der Waals surface area contributed by atoms with Crippen LogP contribution in [0.4, 0.5) is 5.69 Å². The minimum absolute atomic E-state index is 0.0236. The topological polar surface area (TPSA) is 97.8 Å². The Morgan fingerprint density at radius 1 is 1.25 bits per heavy atom. The van der Waals surface area contributed by atoms with Gasteiger partial charge in [-0.05, 0) is 23.8 Å². The van der Waals surface area contributed by atoms with E-state index in [0.29, 0.717) is 48.7 Å². The van der Waals surface area contributed by atoms with Gasteiger partial charge in [-0.15, -0.1) is 0 Å². The fourth-order valence-corrected chi connectivity index (χ4v) is 4.10. The Morgan fingerprint density at radius 3 is 2.94 bits per heavy atom. The summed E-state index contributed by atoms with van der Waals surface area (Å²) in [7, 11) is 1.78. The number of nitrogens with zero attached hydrogens (tertiary/aromatic N) is 5. The van der Waals surface area contributed by atoms with E-state index in [4.69, 9.17) is 14.5 Å². The van der Waals surface area contributed by atoms with Crippen LogP contribution in [0.3, 0.4) is 0 Å². The molecular formula is C23H23N5O4. The number of carbonyl (C=O) groups is 2. The van der Waals surface area contributed by atoms with Crippen molar-refractivity contribution < 1.29 is 19.1 Å². The Hall–Kier alpha value is -3.59. The van der Waals surface area contributed by atoms with Crippen molar-refractivity contribution in [1.29, 1.82) is 0 Å². The SMILES string of the molecule is CC(=O)N1CCO[C@H](COc2nc(-c3ccc4c(c3)CC(=O)N4C)cc3nccnc23)C1. The molecule has 2 aromatic heterocycles. The molecule has 1 fully saturated rings. The summed E-state index contributed by atoms with van der Waals surface area (Å²) < 4.78 is 11.8. The van der Waals surface area contributed by atoms with Crippen molar-refractivity contribution in [1.82, 2.24) is 19.9 Å². The van der Waals surface area contributed by atoms with E-state index in [2.05, 4.69) is 9.97 Å². The van der Waals surface area contributed by atoms with Crippen LogP contribution in [0.15, 0.2) is 36.7 Å². The van der Waals surface area contributed by atoms with Crippen LogP contribution < -0.4 is 9.64 Å². The van der Waals surface area contributed by atoms with Gasteiger partial charge >= 0.3 is 0 Å². The molecule has 0 N–H and O–H groups in total. The molecule has 0 unspecified atom stereocenters. The minimum atomic E-state index is -0.244. The second-order valence-electron chi connectivity index (χ2n) is 7.98. The van der Waals surface area contributed by atoms with Gasteiger partial charge in [0.25, 0.3) is 0 Å². The molecule has 0 saturated carbocycles. The first kappa shape index (κ1) is 20.3. The summed E-state index contributed by atoms with van der Waals surface area (Å²) in [6.07, 6.45) is 3.36. The molecule has 1 atom stereocenters. The van der Waals surface area contributed by atoms with E-state index < -0.39 is 0 Å². The molecule has 0 aliphatic carbocycles. The van der Waals surface area contributed by atoms with Crippen LogP contribution >= 0.6 is 0 Å². The number of amides is 2. The van der Waals surface area contributed by atoms with Crippen molar-refractivity contribution in [3.63, 3.8) is 0 Å². The number of carbonyl (C=O) groups excluding carboxylic acids is 2. The van der Waals surface area contributed by atoms with E-state index in [9.17, 15) is 9.59 Å². The van der Waals surface area contributed by atoms with Gasteiger partial charge in [-0.2, -0.15) is 0 Å². The molecule has 32 heavy (non-hydrogen) atoms. The molecule has 0 spiro atoms. The average molecular weight is 433 g/mol. The number of ether oxygens (including phenoxy) is 2. The standard InChI is InChI=1S/C23H23N5O4/c1-14(29)28-7-8-31-17(12-28)13-32-23-22-19(24-5-6-25-22)11-18(26-23)15-3-4-20-16(9-15)10-21(30)27(20)2/h3-6,9,11,17H,7-8,10,12-13H2,1-2H3/t17-/m0/s1. The average Bonchev–Trinajstić information content (AvgIpc) is 3.10. The zero-order valence-electron chi connectivity index (χ0n) is 17.9. The Labute approximate surface area is 185 Å². The quantitative estimate of drug-likeness (QED) is 0.619. The molecule has 9 nitrogen and oxygen atoms in total. The second-order valence-corrected chi connectivity index (χ2v) is 7.98. The van der Waals surface area contributed by atoms with E-state index in [1.165, 1.54) is 0 Å². The highest BCUT2D eigenvalue weighted by Gasteiger charge is 2.25. The smallest absolute Gasteiger partial charge is 0.242 e. The number of anilines is 1. The molecule has 9 heteroatoms. The monoisotopic (exact) mass is 433 g/mol. The summed E-state index contributed by atoms with van der Waals surface area (Å²) in [5.74, 6) is 0.462. The zero-order valence-corrected chi connectivity index (χ0v) is 17.9. The summed E-state index contributed by atoms with van der Waals surface area (Å²) in [5, 5.41) is 0. The Kier molecular flexibility index (Phi) is 5.18. The number of morpholine rings is 1. The molecule has 4 heterocycles. The number of hydrogen-bond acceptors (Lipinski definition) is 7. The zero-order chi connectivity index (χ0) is 22.2. The number of fused-ring (bicyclic) bond motifs is 2. The molecule has 2 aliphatic rings. The van der Waals surface area contributed by atoms with Crippen molar-refractivity contribution in [3.05, 3.63) is 42.2 Å². The van der Waals surface area contributed by atoms with Crippen LogP contribution in [0.5, 0.6) is 5.88 Å². The summed E-state index contributed by atoms with van der Waals surface area (Å²) in [6.45, 7) is 3.34. The molecule has 3 aromatic rings. The Morgan fingerprint density at radius 2 is 2.09 bits per heavy atom. The number of rotatable bonds is 4. The molecule has 1 saturated heterocycles. The van der Waals surface area contributed by atoms with Crippen LogP contribution in [-0.4, -0.2) is 71.1 Å². The van der Waals surface area contributed by atoms with Crippen LogP contribution in [0.2, 0.25) is 0 Å². The number of aromatic nitrogens is 3. The lowest BCUT2D eigenvalue weighted by Crippen LogP contribution is -2.46. The first-order valence-electron chi connectivity index (χ1n) is 10.5. The van der Waals surface area contributed by atoms with E-state index in [-0.39, 0.29) is 24.5 Å². The van der Waals surface area contributed by atoms with Crippen LogP contribution in [0, 0.1) is 0 Å². The molecule has 5 rings (SSSR count). The van der Waals surface area contributed by atoms with Crippen molar-refractivity contribution in [2.45, 2.75) is 19.4 Å². The van der Waals surface area contributed by atoms with Crippen LogP contribution in [0.1, 0.15) is 12.5 Å². The lowest BCUT2D eigenvalue weighted by Gasteiger charge is -2.32. The third-order valence-electron chi connectivity index (χ3n) is 5.87. The number of pyridine rings is 1. The van der Waals surface area contributed by atoms with Gasteiger partial charge in [-0.3, -0.25) is 14.6 Å². The van der Waals surface area contributed by atoms with Gasteiger partial charge in [0.1, 0.15) is 12.7 Å². The lowest BCUT2D eigenvalue weighted by atomic mass is 10.0. The normalized spacial score (nSPS) is 18.2. The van der Waals surface area contributed by atoms with Crippen molar-refractivity contribution in [2.24, 2.45) is 0 Å². The van der Waals surface area contributed by atoms with Gasteiger partial charge in [0.15, 0.2) is 5.52 Å². The second kappa shape index (κ2) is 8.16. The van der Waals surface area contributed by atoms with Crippen LogP contribution in [0.25, 0.3) is 22.3 Å². The Balaban J connectivity index is 1.44. The molecule has 0 radical (unpaired) electrons. The van der Waals surface area contributed by atoms with Gasteiger partial charge in [0.05, 0.1) is 30.8 Å². The molecular weight excluding hydrogens is 410 g/mol. The van der Waals surface area contributed by atoms with Crippen molar-refractivity contribution in [3.8, 4) is 17.1 Å². The number of likely N-dealkylation sites (N-methyl/N-ethyl adjacent to an activating group) is 1. The number of benzene rings is 1. The molecule has 1 aromatic carbocycles. The van der Waals surface area contributed by atoms with E-state index in [1.54, 1.807) is 36.2 Å². The maximum absolute atomic E-state index is 12.0. The summed E-state index contributed by atoms with van der Waals surface area (Å²) in [6, 6.07) is 7.73. The van der Waals surface area contributed by atoms with Gasteiger partial charge in [0, 0.05) is 44.2 Å². The van der Waals surface area contributed by atoms with Crippen molar-refractivity contribution >= 4 is 28.5 Å². The van der Waals surface area contributed by atoms with Crippen molar-refractivity contribution in [2.75, 3.05) is 38.3 Å². The largest absolute Gasteiger partial charge is 0.473 e. The Bertz CT molecular complexity index is 1210. The highest BCUT2D eigenvalue weighted by atomic mass is 16.5. The van der Waals surface area contributed by atoms with Gasteiger partial charge in [-0.25, -0.2) is 9.97 Å². The predicted octanol–water partition coefficient (Wildman–Crippen LogP) is 1.84. The fourth-order valence-electron chi connectivity index (χ4n) is 4.10. The summed E-state index contributed by atoms with van der Waals surface area (Å²) in [4.78, 5) is 40.7. The molecule has 2 aliphatic heterocycles. The third kappa shape index (κ3) is 3.75. The lowest BCUT2D eigenvalue weighted by molar-refractivity contribution is -0.137. The summed E-state index contributed by atoms with van der Waals surface area (Å²) in [5.41, 5.74) is 4.68. The van der Waals surface area contributed by atoms with Crippen LogP contribution in [-0.2, 0) is 20.7 Å². The molecule has 164 valence electrons. The number of hydrogen-bond donors (Lipinski definition) is 0. The third-order valence-corrected chi connectivity index (χ3v) is 5.87. The van der Waals surface area contributed by atoms with E-state index >= 15 is 0 Å². The maximum atomic E-state index is 12.0. The highest BCUT2D eigenvalue weighted by molar-refractivity contribution is 6.01. The van der Waals surface area contributed by atoms with Gasteiger partial charge in [0.2, 0.25) is 17.7 Å². The first-order chi connectivity index (χ1) is 15.5. The summed E-state index contributed by atoms with van der Waals surface area (Å²) >= 11 is 0.